The van der Waals surface area contributed by atoms with E-state index >= 15 is 0 Å². The Hall–Kier alpha value is -1.58. The Bertz CT molecular complexity index is 644. The van der Waals surface area contributed by atoms with Gasteiger partial charge in [0.2, 0.25) is 0 Å². The number of halogens is 2. The van der Waals surface area contributed by atoms with Crippen molar-refractivity contribution >= 4 is 28.9 Å². The molecule has 0 bridgehead atoms. The molecule has 0 amide bonds. The summed E-state index contributed by atoms with van der Waals surface area (Å²) in [5.41, 5.74) is 2.43. The minimum atomic E-state index is -0.400. The van der Waals surface area contributed by atoms with Gasteiger partial charge in [-0.15, -0.1) is 11.6 Å². The van der Waals surface area contributed by atoms with Gasteiger partial charge < -0.3 is 0 Å². The van der Waals surface area contributed by atoms with Crippen molar-refractivity contribution < 1.29 is 4.92 Å². The van der Waals surface area contributed by atoms with Crippen molar-refractivity contribution in [3.8, 4) is 0 Å². The molecule has 0 N–H and O–H groups in total. The average Bonchev–Trinajstić information content (AvgIpc) is 2.42. The first-order valence-corrected chi connectivity index (χ1v) is 6.93. The summed E-state index contributed by atoms with van der Waals surface area (Å²) in [5, 5.41) is 11.2. The van der Waals surface area contributed by atoms with E-state index in [1.54, 1.807) is 18.2 Å². The Morgan fingerprint density at radius 2 is 1.90 bits per heavy atom. The number of rotatable bonds is 4. The van der Waals surface area contributed by atoms with Crippen molar-refractivity contribution in [2.75, 3.05) is 0 Å². The van der Waals surface area contributed by atoms with Crippen LogP contribution >= 0.6 is 23.2 Å². The molecular weight excluding hydrogens is 297 g/mol. The number of nitrogens with zero attached hydrogens (tertiary/aromatic N) is 1. The van der Waals surface area contributed by atoms with Crippen LogP contribution in [0.1, 0.15) is 22.1 Å². The molecule has 0 aliphatic carbocycles. The van der Waals surface area contributed by atoms with Gasteiger partial charge in [0.1, 0.15) is 0 Å². The van der Waals surface area contributed by atoms with Crippen LogP contribution in [0.5, 0.6) is 0 Å². The van der Waals surface area contributed by atoms with Gasteiger partial charge in [-0.25, -0.2) is 0 Å². The summed E-state index contributed by atoms with van der Waals surface area (Å²) in [6, 6.07) is 12.2. The highest BCUT2D eigenvalue weighted by atomic mass is 35.5. The summed E-state index contributed by atoms with van der Waals surface area (Å²) in [4.78, 5) is 10.6. The van der Waals surface area contributed by atoms with Crippen LogP contribution in [0.15, 0.2) is 42.5 Å². The molecule has 0 aromatic heterocycles. The van der Waals surface area contributed by atoms with E-state index in [0.29, 0.717) is 17.0 Å². The molecule has 0 spiro atoms. The molecule has 0 radical (unpaired) electrons. The fourth-order valence-electron chi connectivity index (χ4n) is 2.08. The van der Waals surface area contributed by atoms with Gasteiger partial charge in [0.05, 0.1) is 10.3 Å². The predicted molar refractivity (Wildman–Crippen MR) is 81.6 cm³/mol. The monoisotopic (exact) mass is 309 g/mol. The summed E-state index contributed by atoms with van der Waals surface area (Å²) in [7, 11) is 0. The minimum Gasteiger partial charge on any atom is -0.258 e. The lowest BCUT2D eigenvalue weighted by Gasteiger charge is -2.13. The second kappa shape index (κ2) is 6.25. The van der Waals surface area contributed by atoms with E-state index in [-0.39, 0.29) is 5.69 Å². The maximum atomic E-state index is 11.0. The van der Waals surface area contributed by atoms with Gasteiger partial charge in [-0.05, 0) is 24.5 Å². The van der Waals surface area contributed by atoms with Crippen molar-refractivity contribution in [1.29, 1.82) is 0 Å². The van der Waals surface area contributed by atoms with Crippen LogP contribution in [-0.2, 0) is 6.42 Å². The molecule has 0 aliphatic heterocycles. The number of nitro benzene ring substituents is 1. The van der Waals surface area contributed by atoms with E-state index < -0.39 is 10.3 Å². The maximum absolute atomic E-state index is 11.0. The number of para-hydroxylation sites is 1. The van der Waals surface area contributed by atoms with E-state index in [1.807, 2.05) is 25.1 Å². The zero-order valence-corrected chi connectivity index (χ0v) is 12.4. The molecule has 0 saturated heterocycles. The maximum Gasteiger partial charge on any atom is 0.272 e. The average molecular weight is 310 g/mol. The van der Waals surface area contributed by atoms with Crippen molar-refractivity contribution in [3.05, 3.63) is 74.3 Å². The molecule has 2 aromatic carbocycles. The SMILES string of the molecule is Cc1cccc(C(Cl)Cc2ccccc2[N+](=O)[O-])c1Cl. The molecule has 2 rings (SSSR count). The molecule has 1 unspecified atom stereocenters. The highest BCUT2D eigenvalue weighted by Gasteiger charge is 2.19. The van der Waals surface area contributed by atoms with Crippen molar-refractivity contribution in [3.63, 3.8) is 0 Å². The smallest absolute Gasteiger partial charge is 0.258 e. The summed E-state index contributed by atoms with van der Waals surface area (Å²) in [6.45, 7) is 1.90. The van der Waals surface area contributed by atoms with Gasteiger partial charge >= 0.3 is 0 Å². The predicted octanol–water partition coefficient (Wildman–Crippen LogP) is 5.08. The van der Waals surface area contributed by atoms with Crippen molar-refractivity contribution in [2.45, 2.75) is 18.7 Å². The molecule has 1 atom stereocenters. The Morgan fingerprint density at radius 3 is 2.60 bits per heavy atom. The van der Waals surface area contributed by atoms with Crippen LogP contribution in [0.2, 0.25) is 5.02 Å². The first-order valence-electron chi connectivity index (χ1n) is 6.12. The third-order valence-corrected chi connectivity index (χ3v) is 4.05. The Morgan fingerprint density at radius 1 is 1.20 bits per heavy atom. The van der Waals surface area contributed by atoms with Crippen LogP contribution in [0.25, 0.3) is 0 Å². The zero-order chi connectivity index (χ0) is 14.7. The van der Waals surface area contributed by atoms with E-state index in [0.717, 1.165) is 11.1 Å². The first kappa shape index (κ1) is 14.8. The normalized spacial score (nSPS) is 12.2. The van der Waals surface area contributed by atoms with E-state index in [9.17, 15) is 10.1 Å². The lowest BCUT2D eigenvalue weighted by atomic mass is 10.0. The molecule has 20 heavy (non-hydrogen) atoms. The second-order valence-electron chi connectivity index (χ2n) is 4.54. The van der Waals surface area contributed by atoms with E-state index in [1.165, 1.54) is 6.07 Å². The highest BCUT2D eigenvalue weighted by Crippen LogP contribution is 2.34. The van der Waals surface area contributed by atoms with Crippen molar-refractivity contribution in [2.24, 2.45) is 0 Å². The zero-order valence-electron chi connectivity index (χ0n) is 10.8. The molecular formula is C15H13Cl2NO2. The first-order chi connectivity index (χ1) is 9.50. The number of alkyl halides is 1. The standard InChI is InChI=1S/C15H13Cl2NO2/c1-10-5-4-7-12(15(10)17)13(16)9-11-6-2-3-8-14(11)18(19)20/h2-8,13H,9H2,1H3. The van der Waals surface area contributed by atoms with Gasteiger partial charge in [0, 0.05) is 16.7 Å². The van der Waals surface area contributed by atoms with Gasteiger partial charge in [-0.1, -0.05) is 48.0 Å². The third kappa shape index (κ3) is 3.11. The third-order valence-electron chi connectivity index (χ3n) is 3.15. The summed E-state index contributed by atoms with van der Waals surface area (Å²) in [5.74, 6) is 0. The molecule has 0 saturated carbocycles. The Labute approximate surface area is 127 Å². The van der Waals surface area contributed by atoms with Crippen LogP contribution in [0, 0.1) is 17.0 Å². The van der Waals surface area contributed by atoms with Crippen LogP contribution in [-0.4, -0.2) is 4.92 Å². The second-order valence-corrected chi connectivity index (χ2v) is 5.44. The number of hydrogen-bond donors (Lipinski definition) is 0. The highest BCUT2D eigenvalue weighted by molar-refractivity contribution is 6.33. The number of nitro groups is 1. The molecule has 0 heterocycles. The van der Waals surface area contributed by atoms with Crippen LogP contribution in [0.3, 0.4) is 0 Å². The van der Waals surface area contributed by atoms with E-state index in [2.05, 4.69) is 0 Å². The summed E-state index contributed by atoms with van der Waals surface area (Å²) in [6.07, 6.45) is 0.363. The lowest BCUT2D eigenvalue weighted by Crippen LogP contribution is -2.01. The summed E-state index contributed by atoms with van der Waals surface area (Å²) < 4.78 is 0. The molecule has 2 aromatic rings. The number of aryl methyl sites for hydroxylation is 1. The topological polar surface area (TPSA) is 43.1 Å². The summed E-state index contributed by atoms with van der Waals surface area (Å²) >= 11 is 12.6. The number of hydrogen-bond acceptors (Lipinski definition) is 2. The van der Waals surface area contributed by atoms with Gasteiger partial charge in [0.15, 0.2) is 0 Å². The fourth-order valence-corrected chi connectivity index (χ4v) is 2.74. The largest absolute Gasteiger partial charge is 0.272 e. The molecule has 0 aliphatic rings. The van der Waals surface area contributed by atoms with Crippen molar-refractivity contribution in [1.82, 2.24) is 0 Å². The van der Waals surface area contributed by atoms with Gasteiger partial charge in [0.25, 0.3) is 5.69 Å². The minimum absolute atomic E-state index is 0.0851. The van der Waals surface area contributed by atoms with Gasteiger partial charge in [-0.2, -0.15) is 0 Å². The number of benzene rings is 2. The fraction of sp³-hybridized carbons (Fsp3) is 0.200. The molecule has 3 nitrogen and oxygen atoms in total. The Balaban J connectivity index is 2.30. The quantitative estimate of drug-likeness (QED) is 0.449. The van der Waals surface area contributed by atoms with Crippen LogP contribution < -0.4 is 0 Å². The van der Waals surface area contributed by atoms with E-state index in [4.69, 9.17) is 23.2 Å². The molecule has 0 fully saturated rings. The van der Waals surface area contributed by atoms with Crippen LogP contribution in [0.4, 0.5) is 5.69 Å². The molecule has 5 heteroatoms. The Kier molecular flexibility index (Phi) is 4.63. The lowest BCUT2D eigenvalue weighted by molar-refractivity contribution is -0.385. The molecule has 104 valence electrons. The van der Waals surface area contributed by atoms with Gasteiger partial charge in [-0.3, -0.25) is 10.1 Å².